The van der Waals surface area contributed by atoms with E-state index in [9.17, 15) is 13.2 Å². The quantitative estimate of drug-likeness (QED) is 0.558. The monoisotopic (exact) mass is 420 g/mol. The Morgan fingerprint density at radius 1 is 1.29 bits per heavy atom. The fraction of sp³-hybridized carbons (Fsp3) is 0.294. The van der Waals surface area contributed by atoms with Gasteiger partial charge >= 0.3 is 5.97 Å². The molecular formula is C17H16N4O5S2. The first kappa shape index (κ1) is 18.7. The lowest BCUT2D eigenvalue weighted by molar-refractivity contribution is 0.0431. The normalized spacial score (nSPS) is 15.0. The van der Waals surface area contributed by atoms with Crippen LogP contribution >= 0.6 is 11.3 Å². The van der Waals surface area contributed by atoms with E-state index in [1.165, 1.54) is 10.4 Å². The maximum Gasteiger partial charge on any atom is 0.350 e. The SMILES string of the molecule is O=C(OCc1nc(-c2cccnc2)no1)c1sccc1S(=O)(=O)N1CCCC1. The zero-order chi connectivity index (χ0) is 19.6. The number of nitrogens with zero attached hydrogens (tertiary/aromatic N) is 4. The van der Waals surface area contributed by atoms with Gasteiger partial charge in [-0.25, -0.2) is 13.2 Å². The summed E-state index contributed by atoms with van der Waals surface area (Å²) in [6.45, 7) is 0.671. The molecule has 3 aromatic heterocycles. The zero-order valence-electron chi connectivity index (χ0n) is 14.6. The van der Waals surface area contributed by atoms with Gasteiger partial charge in [0.05, 0.1) is 0 Å². The van der Waals surface area contributed by atoms with Crippen LogP contribution in [0.2, 0.25) is 0 Å². The van der Waals surface area contributed by atoms with Crippen LogP contribution in [-0.2, 0) is 21.4 Å². The highest BCUT2D eigenvalue weighted by atomic mass is 32.2. The van der Waals surface area contributed by atoms with Crippen LogP contribution in [0.25, 0.3) is 11.4 Å². The minimum Gasteiger partial charge on any atom is -0.451 e. The van der Waals surface area contributed by atoms with Gasteiger partial charge in [-0.2, -0.15) is 9.29 Å². The Morgan fingerprint density at radius 3 is 2.86 bits per heavy atom. The third-order valence-corrected chi connectivity index (χ3v) is 7.18. The number of sulfonamides is 1. The fourth-order valence-electron chi connectivity index (χ4n) is 2.84. The molecule has 1 fully saturated rings. The lowest BCUT2D eigenvalue weighted by Crippen LogP contribution is -2.28. The highest BCUT2D eigenvalue weighted by Gasteiger charge is 2.32. The molecule has 3 aromatic rings. The van der Waals surface area contributed by atoms with Gasteiger partial charge in [0.25, 0.3) is 5.89 Å². The molecule has 1 aliphatic rings. The van der Waals surface area contributed by atoms with Gasteiger partial charge in [0.15, 0.2) is 6.61 Å². The molecule has 0 amide bonds. The van der Waals surface area contributed by atoms with Gasteiger partial charge in [0, 0.05) is 31.0 Å². The topological polar surface area (TPSA) is 115 Å². The number of pyridine rings is 1. The van der Waals surface area contributed by atoms with Crippen molar-refractivity contribution in [3.63, 3.8) is 0 Å². The molecule has 0 atom stereocenters. The summed E-state index contributed by atoms with van der Waals surface area (Å²) in [5.41, 5.74) is 0.668. The first-order valence-electron chi connectivity index (χ1n) is 8.53. The molecule has 0 N–H and O–H groups in total. The molecule has 0 radical (unpaired) electrons. The van der Waals surface area contributed by atoms with E-state index in [1.807, 2.05) is 0 Å². The molecule has 0 aliphatic carbocycles. The predicted octanol–water partition coefficient (Wildman–Crippen LogP) is 2.33. The molecule has 4 heterocycles. The second-order valence-electron chi connectivity index (χ2n) is 6.05. The van der Waals surface area contributed by atoms with Crippen LogP contribution in [0.15, 0.2) is 45.4 Å². The molecule has 0 bridgehead atoms. The maximum absolute atomic E-state index is 12.7. The Bertz CT molecular complexity index is 1070. The molecule has 146 valence electrons. The Balaban J connectivity index is 1.46. The van der Waals surface area contributed by atoms with Crippen LogP contribution in [0, 0.1) is 0 Å². The number of aromatic nitrogens is 3. The first-order chi connectivity index (χ1) is 13.6. The smallest absolute Gasteiger partial charge is 0.350 e. The number of carbonyl (C=O) groups is 1. The average Bonchev–Trinajstić information content (AvgIpc) is 3.48. The van der Waals surface area contributed by atoms with Crippen LogP contribution in [0.4, 0.5) is 0 Å². The molecule has 0 saturated carbocycles. The summed E-state index contributed by atoms with van der Waals surface area (Å²) in [7, 11) is -3.70. The third kappa shape index (κ3) is 3.68. The van der Waals surface area contributed by atoms with Gasteiger partial charge in [-0.3, -0.25) is 4.98 Å². The highest BCUT2D eigenvalue weighted by molar-refractivity contribution is 7.89. The van der Waals surface area contributed by atoms with Gasteiger partial charge in [-0.05, 0) is 36.4 Å². The van der Waals surface area contributed by atoms with E-state index in [1.54, 1.807) is 29.9 Å². The molecule has 0 spiro atoms. The van der Waals surface area contributed by atoms with E-state index in [2.05, 4.69) is 15.1 Å². The van der Waals surface area contributed by atoms with Crippen molar-refractivity contribution in [3.8, 4) is 11.4 Å². The van der Waals surface area contributed by atoms with Crippen molar-refractivity contribution >= 4 is 27.3 Å². The lowest BCUT2D eigenvalue weighted by atomic mass is 10.3. The number of carbonyl (C=O) groups excluding carboxylic acids is 1. The van der Waals surface area contributed by atoms with Crippen molar-refractivity contribution < 1.29 is 22.5 Å². The number of rotatable bonds is 6. The molecule has 0 aromatic carbocycles. The van der Waals surface area contributed by atoms with Crippen molar-refractivity contribution in [3.05, 3.63) is 46.7 Å². The van der Waals surface area contributed by atoms with E-state index in [4.69, 9.17) is 9.26 Å². The number of ether oxygens (including phenoxy) is 1. The van der Waals surface area contributed by atoms with Crippen LogP contribution in [-0.4, -0.2) is 46.9 Å². The van der Waals surface area contributed by atoms with Gasteiger partial charge < -0.3 is 9.26 Å². The molecule has 1 aliphatic heterocycles. The summed E-state index contributed by atoms with van der Waals surface area (Å²) in [5, 5.41) is 5.38. The van der Waals surface area contributed by atoms with Crippen molar-refractivity contribution in [2.24, 2.45) is 0 Å². The van der Waals surface area contributed by atoms with Crippen LogP contribution in [0.3, 0.4) is 0 Å². The predicted molar refractivity (Wildman–Crippen MR) is 99.0 cm³/mol. The standard InChI is InChI=1S/C17H16N4O5S2/c22-17(15-13(5-9-27-15)28(23,24)21-7-1-2-8-21)25-11-14-19-16(20-26-14)12-4-3-6-18-10-12/h3-6,9-10H,1-2,7-8,11H2. The first-order valence-corrected chi connectivity index (χ1v) is 10.9. The van der Waals surface area contributed by atoms with Crippen LogP contribution < -0.4 is 0 Å². The second-order valence-corrected chi connectivity index (χ2v) is 8.88. The Morgan fingerprint density at radius 2 is 2.11 bits per heavy atom. The van der Waals surface area contributed by atoms with Crippen molar-refractivity contribution in [2.45, 2.75) is 24.3 Å². The number of hydrogen-bond donors (Lipinski definition) is 0. The third-order valence-electron chi connectivity index (χ3n) is 4.21. The highest BCUT2D eigenvalue weighted by Crippen LogP contribution is 2.28. The van der Waals surface area contributed by atoms with Crippen LogP contribution in [0.1, 0.15) is 28.4 Å². The van der Waals surface area contributed by atoms with Crippen molar-refractivity contribution in [2.75, 3.05) is 13.1 Å². The molecule has 11 heteroatoms. The number of hydrogen-bond acceptors (Lipinski definition) is 9. The second kappa shape index (κ2) is 7.78. The Labute approximate surface area is 165 Å². The summed E-state index contributed by atoms with van der Waals surface area (Å²) < 4.78 is 37.1. The number of esters is 1. The molecule has 9 nitrogen and oxygen atoms in total. The van der Waals surface area contributed by atoms with Gasteiger partial charge in [-0.1, -0.05) is 5.16 Å². The van der Waals surface area contributed by atoms with Crippen molar-refractivity contribution in [1.82, 2.24) is 19.4 Å². The summed E-state index contributed by atoms with van der Waals surface area (Å²) >= 11 is 1.03. The van der Waals surface area contributed by atoms with Gasteiger partial charge in [0.1, 0.15) is 9.77 Å². The van der Waals surface area contributed by atoms with Crippen molar-refractivity contribution in [1.29, 1.82) is 0 Å². The molecule has 1 saturated heterocycles. The summed E-state index contributed by atoms with van der Waals surface area (Å²) in [5.74, 6) is -0.311. The van der Waals surface area contributed by atoms with Gasteiger partial charge in [-0.15, -0.1) is 11.3 Å². The number of thiophene rings is 1. The van der Waals surface area contributed by atoms with E-state index in [0.29, 0.717) is 24.5 Å². The van der Waals surface area contributed by atoms with E-state index >= 15 is 0 Å². The zero-order valence-corrected chi connectivity index (χ0v) is 16.3. The average molecular weight is 420 g/mol. The lowest BCUT2D eigenvalue weighted by Gasteiger charge is -2.15. The maximum atomic E-state index is 12.7. The summed E-state index contributed by atoms with van der Waals surface area (Å²) in [6, 6.07) is 4.95. The van der Waals surface area contributed by atoms with E-state index < -0.39 is 16.0 Å². The Hall–Kier alpha value is -2.63. The Kier molecular flexibility index (Phi) is 5.20. The minimum absolute atomic E-state index is 0.0222. The minimum atomic E-state index is -3.70. The van der Waals surface area contributed by atoms with E-state index in [-0.39, 0.29) is 22.3 Å². The molecule has 0 unspecified atom stereocenters. The summed E-state index contributed by atoms with van der Waals surface area (Å²) in [4.78, 5) is 20.6. The largest absolute Gasteiger partial charge is 0.451 e. The van der Waals surface area contributed by atoms with Gasteiger partial charge in [0.2, 0.25) is 15.8 Å². The summed E-state index contributed by atoms with van der Waals surface area (Å²) in [6.07, 6.45) is 4.85. The molecule has 28 heavy (non-hydrogen) atoms. The van der Waals surface area contributed by atoms with E-state index in [0.717, 1.165) is 24.2 Å². The molecular weight excluding hydrogens is 404 g/mol. The molecule has 4 rings (SSSR count). The fourth-order valence-corrected chi connectivity index (χ4v) is 5.64. The van der Waals surface area contributed by atoms with Crippen LogP contribution in [0.5, 0.6) is 0 Å².